The first-order chi connectivity index (χ1) is 8.12. The second-order valence-electron chi connectivity index (χ2n) is 7.26. The van der Waals surface area contributed by atoms with Gasteiger partial charge in [0.25, 0.3) is 0 Å². The largest absolute Gasteiger partial charge is 0.333 e. The quantitative estimate of drug-likeness (QED) is 0.868. The molecule has 0 amide bonds. The van der Waals surface area contributed by atoms with Crippen LogP contribution in [0.15, 0.2) is 12.5 Å². The normalized spacial score (nSPS) is 13.3. The van der Waals surface area contributed by atoms with Crippen LogP contribution in [0.1, 0.15) is 54.2 Å². The molecule has 0 atom stereocenters. The van der Waals surface area contributed by atoms with Gasteiger partial charge in [0, 0.05) is 24.8 Å². The Labute approximate surface area is 112 Å². The fourth-order valence-corrected chi connectivity index (χ4v) is 1.62. The minimum Gasteiger partial charge on any atom is -0.333 e. The van der Waals surface area contributed by atoms with Gasteiger partial charge in [-0.1, -0.05) is 27.7 Å². The summed E-state index contributed by atoms with van der Waals surface area (Å²) in [6.45, 7) is 17.7. The molecule has 0 unspecified atom stereocenters. The Morgan fingerprint density at radius 3 is 2.33 bits per heavy atom. The summed E-state index contributed by atoms with van der Waals surface area (Å²) in [5.74, 6) is 0.656. The van der Waals surface area contributed by atoms with Crippen LogP contribution in [0.25, 0.3) is 0 Å². The number of hydrogen-bond donors (Lipinski definition) is 1. The molecule has 0 saturated carbocycles. The Balaban J connectivity index is 2.71. The van der Waals surface area contributed by atoms with Crippen molar-refractivity contribution < 1.29 is 0 Å². The molecular weight excluding hydrogens is 222 g/mol. The zero-order chi connectivity index (χ0) is 14.0. The molecule has 0 aromatic carbocycles. The third-order valence-corrected chi connectivity index (χ3v) is 3.74. The van der Waals surface area contributed by atoms with Gasteiger partial charge in [0.15, 0.2) is 0 Å². The zero-order valence-electron chi connectivity index (χ0n) is 13.0. The van der Waals surface area contributed by atoms with Crippen molar-refractivity contribution in [2.24, 2.45) is 11.3 Å². The Kier molecular flexibility index (Phi) is 4.60. The van der Waals surface area contributed by atoms with Gasteiger partial charge in [0.2, 0.25) is 0 Å². The Bertz CT molecular complexity index is 369. The van der Waals surface area contributed by atoms with E-state index in [4.69, 9.17) is 0 Å². The van der Waals surface area contributed by atoms with Crippen LogP contribution in [0.5, 0.6) is 0 Å². The zero-order valence-corrected chi connectivity index (χ0v) is 13.0. The van der Waals surface area contributed by atoms with Crippen molar-refractivity contribution >= 4 is 0 Å². The molecule has 0 saturated heterocycles. The summed E-state index contributed by atoms with van der Waals surface area (Å²) in [6.07, 6.45) is 3.92. The van der Waals surface area contributed by atoms with Crippen LogP contribution in [-0.2, 0) is 13.1 Å². The lowest BCUT2D eigenvalue weighted by Gasteiger charge is -2.30. The van der Waals surface area contributed by atoms with Crippen LogP contribution in [0.3, 0.4) is 0 Å². The number of aromatic nitrogens is 2. The van der Waals surface area contributed by atoms with Crippen molar-refractivity contribution in [3.63, 3.8) is 0 Å². The fraction of sp³-hybridized carbons (Fsp3) is 0.800. The Hall–Kier alpha value is -0.830. The highest BCUT2D eigenvalue weighted by Crippen LogP contribution is 2.28. The van der Waals surface area contributed by atoms with Gasteiger partial charge >= 0.3 is 0 Å². The first-order valence-corrected chi connectivity index (χ1v) is 6.86. The molecule has 0 aliphatic carbocycles. The maximum Gasteiger partial charge on any atom is 0.0948 e. The predicted octanol–water partition coefficient (Wildman–Crippen LogP) is 3.45. The number of nitrogens with one attached hydrogen (secondary N) is 1. The van der Waals surface area contributed by atoms with Crippen LogP contribution < -0.4 is 5.32 Å². The van der Waals surface area contributed by atoms with E-state index in [9.17, 15) is 0 Å². The third kappa shape index (κ3) is 4.45. The smallest absolute Gasteiger partial charge is 0.0948 e. The van der Waals surface area contributed by atoms with Gasteiger partial charge in [-0.3, -0.25) is 0 Å². The van der Waals surface area contributed by atoms with Crippen LogP contribution >= 0.6 is 0 Å². The van der Waals surface area contributed by atoms with E-state index in [1.54, 1.807) is 0 Å². The van der Waals surface area contributed by atoms with Gasteiger partial charge in [0.05, 0.1) is 12.0 Å². The van der Waals surface area contributed by atoms with E-state index in [0.717, 1.165) is 13.1 Å². The van der Waals surface area contributed by atoms with Gasteiger partial charge in [0.1, 0.15) is 0 Å². The summed E-state index contributed by atoms with van der Waals surface area (Å²) in [5, 5.41) is 3.52. The van der Waals surface area contributed by atoms with Crippen LogP contribution in [0, 0.1) is 11.3 Å². The Morgan fingerprint density at radius 2 is 1.83 bits per heavy atom. The first kappa shape index (κ1) is 15.2. The number of nitrogens with zero attached hydrogens (tertiary/aromatic N) is 2. The summed E-state index contributed by atoms with van der Waals surface area (Å²) in [4.78, 5) is 4.29. The van der Waals surface area contributed by atoms with Gasteiger partial charge in [-0.25, -0.2) is 4.98 Å². The van der Waals surface area contributed by atoms with E-state index in [1.165, 1.54) is 5.69 Å². The minimum atomic E-state index is 0.142. The van der Waals surface area contributed by atoms with E-state index in [1.807, 2.05) is 12.5 Å². The summed E-state index contributed by atoms with van der Waals surface area (Å²) in [5.41, 5.74) is 1.69. The van der Waals surface area contributed by atoms with Gasteiger partial charge in [-0.05, 0) is 32.1 Å². The van der Waals surface area contributed by atoms with Gasteiger partial charge < -0.3 is 9.88 Å². The molecule has 0 spiro atoms. The summed E-state index contributed by atoms with van der Waals surface area (Å²) < 4.78 is 2.28. The van der Waals surface area contributed by atoms with Crippen molar-refractivity contribution in [2.45, 2.75) is 67.1 Å². The maximum atomic E-state index is 4.29. The molecule has 1 rings (SSSR count). The van der Waals surface area contributed by atoms with Gasteiger partial charge in [-0.2, -0.15) is 0 Å². The fourth-order valence-electron chi connectivity index (χ4n) is 1.62. The van der Waals surface area contributed by atoms with Crippen LogP contribution in [0.2, 0.25) is 0 Å². The lowest BCUT2D eigenvalue weighted by Crippen LogP contribution is -2.36. The molecule has 0 radical (unpaired) electrons. The molecule has 3 nitrogen and oxygen atoms in total. The van der Waals surface area contributed by atoms with Crippen molar-refractivity contribution in [3.8, 4) is 0 Å². The standard InChI is InChI=1S/C15H29N3/c1-12(2)15(6,7)10-18-11-16-8-13(18)9-17-14(3,4)5/h8,11-12,17H,9-10H2,1-7H3. The molecule has 0 aliphatic heterocycles. The van der Waals surface area contributed by atoms with E-state index in [0.29, 0.717) is 5.92 Å². The average molecular weight is 251 g/mol. The molecule has 18 heavy (non-hydrogen) atoms. The van der Waals surface area contributed by atoms with E-state index in [2.05, 4.69) is 63.3 Å². The second-order valence-corrected chi connectivity index (χ2v) is 7.26. The van der Waals surface area contributed by atoms with Crippen molar-refractivity contribution in [1.29, 1.82) is 0 Å². The number of imidazole rings is 1. The highest BCUT2D eigenvalue weighted by molar-refractivity contribution is 5.00. The maximum absolute atomic E-state index is 4.29. The third-order valence-electron chi connectivity index (χ3n) is 3.74. The van der Waals surface area contributed by atoms with Crippen molar-refractivity contribution in [3.05, 3.63) is 18.2 Å². The summed E-state index contributed by atoms with van der Waals surface area (Å²) in [6, 6.07) is 0. The monoisotopic (exact) mass is 251 g/mol. The first-order valence-electron chi connectivity index (χ1n) is 6.86. The molecule has 1 heterocycles. The lowest BCUT2D eigenvalue weighted by atomic mass is 9.81. The molecule has 3 heteroatoms. The highest BCUT2D eigenvalue weighted by Gasteiger charge is 2.23. The molecular formula is C15H29N3. The van der Waals surface area contributed by atoms with Crippen molar-refractivity contribution in [2.75, 3.05) is 0 Å². The topological polar surface area (TPSA) is 29.9 Å². The number of hydrogen-bond acceptors (Lipinski definition) is 2. The highest BCUT2D eigenvalue weighted by atomic mass is 15.1. The summed E-state index contributed by atoms with van der Waals surface area (Å²) in [7, 11) is 0. The molecule has 1 N–H and O–H groups in total. The van der Waals surface area contributed by atoms with E-state index in [-0.39, 0.29) is 11.0 Å². The van der Waals surface area contributed by atoms with Crippen LogP contribution in [0.4, 0.5) is 0 Å². The van der Waals surface area contributed by atoms with E-state index >= 15 is 0 Å². The molecule has 0 fully saturated rings. The Morgan fingerprint density at radius 1 is 1.22 bits per heavy atom. The average Bonchev–Trinajstić information content (AvgIpc) is 2.60. The molecule has 1 aromatic heterocycles. The predicted molar refractivity (Wildman–Crippen MR) is 77.4 cm³/mol. The molecule has 0 bridgehead atoms. The van der Waals surface area contributed by atoms with Crippen LogP contribution in [-0.4, -0.2) is 15.1 Å². The second kappa shape index (κ2) is 5.43. The summed E-state index contributed by atoms with van der Waals surface area (Å²) >= 11 is 0. The van der Waals surface area contributed by atoms with E-state index < -0.39 is 0 Å². The molecule has 0 aliphatic rings. The lowest BCUT2D eigenvalue weighted by molar-refractivity contribution is 0.207. The number of rotatable bonds is 5. The van der Waals surface area contributed by atoms with Gasteiger partial charge in [-0.15, -0.1) is 0 Å². The van der Waals surface area contributed by atoms with Crippen molar-refractivity contribution in [1.82, 2.24) is 14.9 Å². The minimum absolute atomic E-state index is 0.142. The molecule has 1 aromatic rings. The SMILES string of the molecule is CC(C)C(C)(C)Cn1cncc1CNC(C)(C)C. The molecule has 104 valence electrons.